The molecule has 0 spiro atoms. The molecule has 0 aliphatic heterocycles. The first-order valence-electron chi connectivity index (χ1n) is 6.95. The highest BCUT2D eigenvalue weighted by molar-refractivity contribution is 5.83. The second kappa shape index (κ2) is 6.75. The lowest BCUT2D eigenvalue weighted by molar-refractivity contribution is -0.151. The Bertz CT molecular complexity index is 471. The monoisotopic (exact) mass is 279 g/mol. The van der Waals surface area contributed by atoms with E-state index in [1.165, 1.54) is 0 Å². The van der Waals surface area contributed by atoms with Crippen LogP contribution in [-0.4, -0.2) is 25.7 Å². The van der Waals surface area contributed by atoms with E-state index < -0.39 is 5.54 Å². The zero-order chi connectivity index (χ0) is 15.3. The van der Waals surface area contributed by atoms with Gasteiger partial charge in [-0.05, 0) is 46.8 Å². The van der Waals surface area contributed by atoms with Crippen LogP contribution in [0.4, 0.5) is 0 Å². The molecule has 0 amide bonds. The molecule has 4 heteroatoms. The summed E-state index contributed by atoms with van der Waals surface area (Å²) in [6.45, 7) is 9.98. The fourth-order valence-electron chi connectivity index (χ4n) is 2.31. The van der Waals surface area contributed by atoms with Crippen LogP contribution >= 0.6 is 0 Å². The molecule has 0 fully saturated rings. The van der Waals surface area contributed by atoms with E-state index in [0.29, 0.717) is 12.4 Å². The van der Waals surface area contributed by atoms with Crippen molar-refractivity contribution in [2.45, 2.75) is 46.2 Å². The molecule has 4 nitrogen and oxygen atoms in total. The molecular weight excluding hydrogens is 254 g/mol. The van der Waals surface area contributed by atoms with Crippen LogP contribution in [-0.2, 0) is 15.1 Å². The Morgan fingerprint density at radius 1 is 1.40 bits per heavy atom. The second-order valence-corrected chi connectivity index (χ2v) is 5.35. The molecule has 1 rings (SSSR count). The van der Waals surface area contributed by atoms with Crippen molar-refractivity contribution in [1.29, 1.82) is 0 Å². The predicted octanol–water partition coefficient (Wildman–Crippen LogP) is 2.78. The highest BCUT2D eigenvalue weighted by Crippen LogP contribution is 2.32. The molecule has 1 N–H and O–H groups in total. The topological polar surface area (TPSA) is 47.6 Å². The van der Waals surface area contributed by atoms with Crippen molar-refractivity contribution in [2.24, 2.45) is 0 Å². The largest absolute Gasteiger partial charge is 0.496 e. The summed E-state index contributed by atoms with van der Waals surface area (Å²) in [6, 6.07) is 5.94. The molecular formula is C16H25NO3. The summed E-state index contributed by atoms with van der Waals surface area (Å²) in [5.74, 6) is 0.386. The maximum Gasteiger partial charge on any atom is 0.330 e. The third-order valence-corrected chi connectivity index (χ3v) is 3.15. The first-order valence-corrected chi connectivity index (χ1v) is 6.95. The van der Waals surface area contributed by atoms with Crippen molar-refractivity contribution in [1.82, 2.24) is 5.32 Å². The van der Waals surface area contributed by atoms with Gasteiger partial charge in [0, 0.05) is 11.6 Å². The highest BCUT2D eigenvalue weighted by Gasteiger charge is 2.39. The Morgan fingerprint density at radius 2 is 2.05 bits per heavy atom. The predicted molar refractivity (Wildman–Crippen MR) is 80.0 cm³/mol. The smallest absolute Gasteiger partial charge is 0.330 e. The molecule has 112 valence electrons. The molecule has 0 saturated heterocycles. The molecule has 1 aromatic carbocycles. The fourth-order valence-corrected chi connectivity index (χ4v) is 2.31. The number of rotatable bonds is 6. The molecule has 20 heavy (non-hydrogen) atoms. The Morgan fingerprint density at radius 3 is 2.55 bits per heavy atom. The lowest BCUT2D eigenvalue weighted by atomic mass is 9.89. The molecule has 0 aliphatic rings. The van der Waals surface area contributed by atoms with Gasteiger partial charge in [0.15, 0.2) is 0 Å². The van der Waals surface area contributed by atoms with Crippen LogP contribution in [0.25, 0.3) is 0 Å². The normalized spacial score (nSPS) is 13.9. The molecule has 0 radical (unpaired) electrons. The molecule has 1 aromatic rings. The van der Waals surface area contributed by atoms with Crippen molar-refractivity contribution >= 4 is 5.97 Å². The fraction of sp³-hybridized carbons (Fsp3) is 0.562. The number of nitrogens with one attached hydrogen (secondary N) is 1. The average molecular weight is 279 g/mol. The van der Waals surface area contributed by atoms with Crippen molar-refractivity contribution in [3.63, 3.8) is 0 Å². The van der Waals surface area contributed by atoms with Gasteiger partial charge < -0.3 is 9.47 Å². The van der Waals surface area contributed by atoms with E-state index >= 15 is 0 Å². The van der Waals surface area contributed by atoms with Gasteiger partial charge in [0.1, 0.15) is 11.3 Å². The van der Waals surface area contributed by atoms with Crippen molar-refractivity contribution in [3.05, 3.63) is 29.3 Å². The maximum absolute atomic E-state index is 12.4. The average Bonchev–Trinajstić information content (AvgIpc) is 2.38. The first-order chi connectivity index (χ1) is 9.35. The number of hydrogen-bond acceptors (Lipinski definition) is 4. The number of methoxy groups -OCH3 is 1. The molecule has 1 atom stereocenters. The minimum atomic E-state index is -0.929. The number of ether oxygens (including phenoxy) is 2. The van der Waals surface area contributed by atoms with Gasteiger partial charge in [-0.2, -0.15) is 0 Å². The molecule has 0 saturated carbocycles. The summed E-state index contributed by atoms with van der Waals surface area (Å²) >= 11 is 0. The van der Waals surface area contributed by atoms with E-state index in [1.807, 2.05) is 45.9 Å². The summed E-state index contributed by atoms with van der Waals surface area (Å²) < 4.78 is 10.7. The number of aryl methyl sites for hydroxylation is 1. The van der Waals surface area contributed by atoms with E-state index in [0.717, 1.165) is 11.1 Å². The van der Waals surface area contributed by atoms with Gasteiger partial charge >= 0.3 is 5.97 Å². The van der Waals surface area contributed by atoms with Gasteiger partial charge in [0.05, 0.1) is 13.7 Å². The van der Waals surface area contributed by atoms with Crippen LogP contribution < -0.4 is 10.1 Å². The second-order valence-electron chi connectivity index (χ2n) is 5.35. The molecule has 0 aromatic heterocycles. The Kier molecular flexibility index (Phi) is 5.57. The standard InChI is InChI=1S/C16H25NO3/c1-7-20-15(18)16(5,17-11(2)3)13-10-12(4)8-9-14(13)19-6/h8-11,17H,7H2,1-6H3. The zero-order valence-electron chi connectivity index (χ0n) is 13.2. The van der Waals surface area contributed by atoms with E-state index in [4.69, 9.17) is 9.47 Å². The van der Waals surface area contributed by atoms with Gasteiger partial charge in [-0.3, -0.25) is 5.32 Å². The van der Waals surface area contributed by atoms with Crippen molar-refractivity contribution in [2.75, 3.05) is 13.7 Å². The lowest BCUT2D eigenvalue weighted by Crippen LogP contribution is -2.50. The summed E-state index contributed by atoms with van der Waals surface area (Å²) in [6.07, 6.45) is 0. The number of carbonyl (C=O) groups is 1. The molecule has 0 heterocycles. The number of esters is 1. The third kappa shape index (κ3) is 3.51. The van der Waals surface area contributed by atoms with Crippen LogP contribution in [0.1, 0.15) is 38.8 Å². The minimum absolute atomic E-state index is 0.134. The van der Waals surface area contributed by atoms with Crippen molar-refractivity contribution < 1.29 is 14.3 Å². The lowest BCUT2D eigenvalue weighted by Gasteiger charge is -2.32. The van der Waals surface area contributed by atoms with Gasteiger partial charge in [0.25, 0.3) is 0 Å². The first kappa shape index (κ1) is 16.5. The summed E-state index contributed by atoms with van der Waals surface area (Å²) in [4.78, 5) is 12.4. The van der Waals surface area contributed by atoms with E-state index in [9.17, 15) is 4.79 Å². The van der Waals surface area contributed by atoms with Crippen LogP contribution in [0.2, 0.25) is 0 Å². The van der Waals surface area contributed by atoms with Crippen LogP contribution in [0.5, 0.6) is 5.75 Å². The van der Waals surface area contributed by atoms with Crippen LogP contribution in [0.15, 0.2) is 18.2 Å². The van der Waals surface area contributed by atoms with Gasteiger partial charge in [-0.1, -0.05) is 11.6 Å². The summed E-state index contributed by atoms with van der Waals surface area (Å²) in [5.41, 5.74) is 0.940. The minimum Gasteiger partial charge on any atom is -0.496 e. The Balaban J connectivity index is 3.36. The van der Waals surface area contributed by atoms with Crippen LogP contribution in [0, 0.1) is 6.92 Å². The SMILES string of the molecule is CCOC(=O)C(C)(NC(C)C)c1cc(C)ccc1OC. The zero-order valence-corrected chi connectivity index (χ0v) is 13.2. The quantitative estimate of drug-likeness (QED) is 0.813. The van der Waals surface area contributed by atoms with Gasteiger partial charge in [0.2, 0.25) is 0 Å². The van der Waals surface area contributed by atoms with E-state index in [-0.39, 0.29) is 12.0 Å². The number of carbonyl (C=O) groups excluding carboxylic acids is 1. The molecule has 1 unspecified atom stereocenters. The van der Waals surface area contributed by atoms with E-state index in [2.05, 4.69) is 5.32 Å². The molecule has 0 aliphatic carbocycles. The van der Waals surface area contributed by atoms with Gasteiger partial charge in [-0.15, -0.1) is 0 Å². The maximum atomic E-state index is 12.4. The summed E-state index contributed by atoms with van der Waals surface area (Å²) in [5, 5.41) is 3.30. The highest BCUT2D eigenvalue weighted by atomic mass is 16.5. The molecule has 0 bridgehead atoms. The van der Waals surface area contributed by atoms with E-state index in [1.54, 1.807) is 14.0 Å². The number of benzene rings is 1. The van der Waals surface area contributed by atoms with Crippen LogP contribution in [0.3, 0.4) is 0 Å². The summed E-state index contributed by atoms with van der Waals surface area (Å²) in [7, 11) is 1.61. The Hall–Kier alpha value is -1.55. The number of hydrogen-bond donors (Lipinski definition) is 1. The third-order valence-electron chi connectivity index (χ3n) is 3.15. The Labute approximate surface area is 121 Å². The van der Waals surface area contributed by atoms with Crippen molar-refractivity contribution in [3.8, 4) is 5.75 Å². The van der Waals surface area contributed by atoms with Gasteiger partial charge in [-0.25, -0.2) is 4.79 Å².